The molecule has 1 aromatic carbocycles. The zero-order valence-corrected chi connectivity index (χ0v) is 16.6. The van der Waals surface area contributed by atoms with E-state index in [4.69, 9.17) is 10.1 Å². The van der Waals surface area contributed by atoms with Crippen LogP contribution in [0.15, 0.2) is 29.1 Å². The molecule has 1 N–H and O–H groups in total. The number of fused-ring (bicyclic) bond motifs is 2. The number of rotatable bonds is 3. The predicted molar refractivity (Wildman–Crippen MR) is 112 cm³/mol. The maximum Gasteiger partial charge on any atom is 0.263 e. The Morgan fingerprint density at radius 1 is 1.18 bits per heavy atom. The van der Waals surface area contributed by atoms with Crippen LogP contribution < -0.4 is 10.5 Å². The second kappa shape index (κ2) is 6.76. The Hall–Kier alpha value is -2.63. The number of aryl methyl sites for hydroxylation is 1. The lowest BCUT2D eigenvalue weighted by molar-refractivity contribution is 0.474. The fourth-order valence-corrected chi connectivity index (χ4v) is 4.85. The molecule has 3 aromatic rings. The summed E-state index contributed by atoms with van der Waals surface area (Å²) in [6.45, 7) is 5.17. The molecule has 2 aromatic heterocycles. The Morgan fingerprint density at radius 2 is 1.96 bits per heavy atom. The molecule has 1 atom stereocenters. The highest BCUT2D eigenvalue weighted by molar-refractivity contribution is 5.79. The zero-order chi connectivity index (χ0) is 19.3. The Labute approximate surface area is 164 Å². The summed E-state index contributed by atoms with van der Waals surface area (Å²) >= 11 is 0. The molecule has 1 unspecified atom stereocenters. The summed E-state index contributed by atoms with van der Waals surface area (Å²) in [5.74, 6) is 1.15. The van der Waals surface area contributed by atoms with E-state index in [1.807, 2.05) is 4.68 Å². The van der Waals surface area contributed by atoms with Gasteiger partial charge in [-0.05, 0) is 43.2 Å². The van der Waals surface area contributed by atoms with Gasteiger partial charge >= 0.3 is 0 Å². The van der Waals surface area contributed by atoms with Gasteiger partial charge in [-0.2, -0.15) is 10.1 Å². The Bertz CT molecular complexity index is 1080. The SMILES string of the molecule is CCc1nn(C2CCCC2)c2nc(N3CCC(C)c4ccccc43)[nH]c(=O)c12. The smallest absolute Gasteiger partial charge is 0.263 e. The molecule has 1 fully saturated rings. The molecule has 2 aliphatic rings. The van der Waals surface area contributed by atoms with Gasteiger partial charge in [0.25, 0.3) is 5.56 Å². The maximum absolute atomic E-state index is 13.1. The minimum Gasteiger partial charge on any atom is -0.312 e. The standard InChI is InChI=1S/C22H27N5O/c1-3-17-19-20(27(25-17)15-8-4-5-9-15)23-22(24-21(19)28)26-13-12-14(2)16-10-6-7-11-18(16)26/h6-7,10-11,14-15H,3-5,8-9,12-13H2,1-2H3,(H,23,24,28). The molecule has 0 spiro atoms. The third-order valence-corrected chi connectivity index (χ3v) is 6.43. The molecule has 5 rings (SSSR count). The zero-order valence-electron chi connectivity index (χ0n) is 16.6. The third-order valence-electron chi connectivity index (χ3n) is 6.43. The number of anilines is 2. The second-order valence-corrected chi connectivity index (χ2v) is 8.17. The number of benzene rings is 1. The summed E-state index contributed by atoms with van der Waals surface area (Å²) in [5, 5.41) is 5.47. The highest BCUT2D eigenvalue weighted by Gasteiger charge is 2.27. The lowest BCUT2D eigenvalue weighted by atomic mass is 9.92. The molecule has 3 heterocycles. The minimum absolute atomic E-state index is 0.0720. The minimum atomic E-state index is -0.0720. The molecule has 1 aliphatic heterocycles. The molecule has 28 heavy (non-hydrogen) atoms. The highest BCUT2D eigenvalue weighted by atomic mass is 16.1. The maximum atomic E-state index is 13.1. The van der Waals surface area contributed by atoms with Gasteiger partial charge < -0.3 is 4.90 Å². The summed E-state index contributed by atoms with van der Waals surface area (Å²) < 4.78 is 2.04. The lowest BCUT2D eigenvalue weighted by Gasteiger charge is -2.33. The van der Waals surface area contributed by atoms with Gasteiger partial charge in [-0.25, -0.2) is 4.68 Å². The average Bonchev–Trinajstić information content (AvgIpc) is 3.36. The fraction of sp³-hybridized carbons (Fsp3) is 0.500. The molecule has 0 bridgehead atoms. The number of hydrogen-bond acceptors (Lipinski definition) is 4. The van der Waals surface area contributed by atoms with Crippen LogP contribution in [0, 0.1) is 0 Å². The lowest BCUT2D eigenvalue weighted by Crippen LogP contribution is -2.29. The van der Waals surface area contributed by atoms with Crippen molar-refractivity contribution >= 4 is 22.7 Å². The van der Waals surface area contributed by atoms with E-state index in [-0.39, 0.29) is 5.56 Å². The van der Waals surface area contributed by atoms with E-state index < -0.39 is 0 Å². The number of aromatic nitrogens is 4. The first-order valence-electron chi connectivity index (χ1n) is 10.5. The average molecular weight is 377 g/mol. The number of aromatic amines is 1. The summed E-state index contributed by atoms with van der Waals surface area (Å²) in [6, 6.07) is 8.81. The van der Waals surface area contributed by atoms with E-state index in [1.165, 1.54) is 18.4 Å². The number of hydrogen-bond donors (Lipinski definition) is 1. The van der Waals surface area contributed by atoms with Crippen LogP contribution in [0.25, 0.3) is 11.0 Å². The summed E-state index contributed by atoms with van der Waals surface area (Å²) in [6.07, 6.45) is 6.47. The van der Waals surface area contributed by atoms with E-state index in [0.717, 1.165) is 49.3 Å². The van der Waals surface area contributed by atoms with Gasteiger partial charge in [0, 0.05) is 12.2 Å². The van der Waals surface area contributed by atoms with Crippen molar-refractivity contribution < 1.29 is 0 Å². The molecule has 0 radical (unpaired) electrons. The van der Waals surface area contributed by atoms with Crippen molar-refractivity contribution in [2.24, 2.45) is 0 Å². The predicted octanol–water partition coefficient (Wildman–Crippen LogP) is 4.44. The number of nitrogens with one attached hydrogen (secondary N) is 1. The molecule has 1 aliphatic carbocycles. The largest absolute Gasteiger partial charge is 0.312 e. The van der Waals surface area contributed by atoms with Gasteiger partial charge in [-0.1, -0.05) is 44.9 Å². The molecule has 0 amide bonds. The van der Waals surface area contributed by atoms with Crippen LogP contribution in [-0.2, 0) is 6.42 Å². The topological polar surface area (TPSA) is 66.8 Å². The van der Waals surface area contributed by atoms with Crippen molar-refractivity contribution in [3.05, 3.63) is 45.9 Å². The monoisotopic (exact) mass is 377 g/mol. The van der Waals surface area contributed by atoms with Gasteiger partial charge in [0.05, 0.1) is 11.7 Å². The Kier molecular flexibility index (Phi) is 4.22. The summed E-state index contributed by atoms with van der Waals surface area (Å²) in [5.41, 5.74) is 3.99. The molecule has 0 saturated heterocycles. The molecule has 6 heteroatoms. The van der Waals surface area contributed by atoms with Gasteiger partial charge in [0.1, 0.15) is 5.39 Å². The van der Waals surface area contributed by atoms with Crippen molar-refractivity contribution in [2.75, 3.05) is 11.4 Å². The van der Waals surface area contributed by atoms with E-state index in [2.05, 4.69) is 48.0 Å². The van der Waals surface area contributed by atoms with Gasteiger partial charge in [0.2, 0.25) is 5.95 Å². The van der Waals surface area contributed by atoms with Crippen molar-refractivity contribution in [3.63, 3.8) is 0 Å². The van der Waals surface area contributed by atoms with Gasteiger partial charge in [-0.15, -0.1) is 0 Å². The molecule has 146 valence electrons. The summed E-state index contributed by atoms with van der Waals surface area (Å²) in [4.78, 5) is 23.2. The van der Waals surface area contributed by atoms with E-state index in [1.54, 1.807) is 0 Å². The second-order valence-electron chi connectivity index (χ2n) is 8.17. The number of nitrogens with zero attached hydrogens (tertiary/aromatic N) is 4. The first kappa shape index (κ1) is 17.5. The van der Waals surface area contributed by atoms with Gasteiger partial charge in [0.15, 0.2) is 5.65 Å². The van der Waals surface area contributed by atoms with Crippen LogP contribution in [0.3, 0.4) is 0 Å². The normalized spacial score (nSPS) is 20.1. The number of H-pyrrole nitrogens is 1. The van der Waals surface area contributed by atoms with Crippen LogP contribution in [0.4, 0.5) is 11.6 Å². The van der Waals surface area contributed by atoms with Crippen LogP contribution >= 0.6 is 0 Å². The van der Waals surface area contributed by atoms with Crippen molar-refractivity contribution in [3.8, 4) is 0 Å². The third kappa shape index (κ3) is 2.65. The fourth-order valence-electron chi connectivity index (χ4n) is 4.85. The van der Waals surface area contributed by atoms with E-state index in [0.29, 0.717) is 23.3 Å². The van der Waals surface area contributed by atoms with Crippen molar-refractivity contribution in [2.45, 2.75) is 64.3 Å². The molecular weight excluding hydrogens is 350 g/mol. The summed E-state index contributed by atoms with van der Waals surface area (Å²) in [7, 11) is 0. The Balaban J connectivity index is 1.68. The number of para-hydroxylation sites is 1. The quantitative estimate of drug-likeness (QED) is 0.733. The van der Waals surface area contributed by atoms with E-state index >= 15 is 0 Å². The first-order valence-corrected chi connectivity index (χ1v) is 10.5. The van der Waals surface area contributed by atoms with Crippen molar-refractivity contribution in [1.29, 1.82) is 0 Å². The van der Waals surface area contributed by atoms with Crippen LogP contribution in [-0.4, -0.2) is 26.3 Å². The van der Waals surface area contributed by atoms with Crippen LogP contribution in [0.2, 0.25) is 0 Å². The van der Waals surface area contributed by atoms with E-state index in [9.17, 15) is 4.79 Å². The van der Waals surface area contributed by atoms with Gasteiger partial charge in [-0.3, -0.25) is 9.78 Å². The highest BCUT2D eigenvalue weighted by Crippen LogP contribution is 2.38. The Morgan fingerprint density at radius 3 is 2.75 bits per heavy atom. The van der Waals surface area contributed by atoms with Crippen LogP contribution in [0.1, 0.15) is 69.2 Å². The first-order chi connectivity index (χ1) is 13.7. The molecule has 6 nitrogen and oxygen atoms in total. The van der Waals surface area contributed by atoms with Crippen LogP contribution in [0.5, 0.6) is 0 Å². The molecular formula is C22H27N5O. The molecule has 1 saturated carbocycles. The van der Waals surface area contributed by atoms with Crippen molar-refractivity contribution in [1.82, 2.24) is 19.7 Å².